The van der Waals surface area contributed by atoms with E-state index < -0.39 is 0 Å². The van der Waals surface area contributed by atoms with Crippen LogP contribution >= 0.6 is 0 Å². The largest absolute Gasteiger partial charge is 0.497 e. The van der Waals surface area contributed by atoms with Crippen LogP contribution in [0, 0.1) is 5.41 Å². The Morgan fingerprint density at radius 1 is 1.15 bits per heavy atom. The summed E-state index contributed by atoms with van der Waals surface area (Å²) < 4.78 is 10.5. The Bertz CT molecular complexity index is 547. The second kappa shape index (κ2) is 5.57. The van der Waals surface area contributed by atoms with Gasteiger partial charge in [0, 0.05) is 24.3 Å². The minimum Gasteiger partial charge on any atom is -0.497 e. The molecule has 0 spiro atoms. The maximum absolute atomic E-state index is 11.8. The molecular weight excluding hydrogens is 254 g/mol. The number of methoxy groups -OCH3 is 2. The molecule has 1 aromatic carbocycles. The van der Waals surface area contributed by atoms with Crippen molar-refractivity contribution in [2.24, 2.45) is 5.41 Å². The van der Waals surface area contributed by atoms with Gasteiger partial charge in [-0.1, -0.05) is 13.8 Å². The maximum Gasteiger partial charge on any atom is 0.157 e. The smallest absolute Gasteiger partial charge is 0.157 e. The average Bonchev–Trinajstić information content (AvgIpc) is 2.36. The van der Waals surface area contributed by atoms with E-state index in [1.807, 2.05) is 18.2 Å². The molecule has 0 amide bonds. The summed E-state index contributed by atoms with van der Waals surface area (Å²) >= 11 is 0. The van der Waals surface area contributed by atoms with Gasteiger partial charge in [0.05, 0.1) is 19.9 Å². The molecule has 1 aliphatic rings. The van der Waals surface area contributed by atoms with Gasteiger partial charge in [0.1, 0.15) is 11.5 Å². The van der Waals surface area contributed by atoms with Gasteiger partial charge in [0.2, 0.25) is 0 Å². The number of rotatable bonds is 4. The molecule has 1 aromatic rings. The van der Waals surface area contributed by atoms with Crippen LogP contribution in [0.1, 0.15) is 26.7 Å². The molecular formula is C16H21NO3. The van der Waals surface area contributed by atoms with Gasteiger partial charge in [0.25, 0.3) is 0 Å². The molecule has 0 aromatic heterocycles. The van der Waals surface area contributed by atoms with Crippen molar-refractivity contribution in [3.05, 3.63) is 30.0 Å². The first-order chi connectivity index (χ1) is 9.43. The summed E-state index contributed by atoms with van der Waals surface area (Å²) in [7, 11) is 3.23. The third-order valence-corrected chi connectivity index (χ3v) is 3.36. The van der Waals surface area contributed by atoms with Crippen LogP contribution < -0.4 is 14.8 Å². The Hall–Kier alpha value is -1.97. The van der Waals surface area contributed by atoms with E-state index >= 15 is 0 Å². The summed E-state index contributed by atoms with van der Waals surface area (Å²) in [5.41, 5.74) is 1.76. The highest BCUT2D eigenvalue weighted by Crippen LogP contribution is 2.36. The highest BCUT2D eigenvalue weighted by molar-refractivity contribution is 5.92. The fourth-order valence-electron chi connectivity index (χ4n) is 2.50. The van der Waals surface area contributed by atoms with Gasteiger partial charge in [-0.15, -0.1) is 0 Å². The molecule has 0 fully saturated rings. The fourth-order valence-corrected chi connectivity index (χ4v) is 2.50. The van der Waals surface area contributed by atoms with Crippen molar-refractivity contribution in [2.45, 2.75) is 26.7 Å². The van der Waals surface area contributed by atoms with Gasteiger partial charge < -0.3 is 14.8 Å². The molecule has 0 unspecified atom stereocenters. The minimum absolute atomic E-state index is 0.00608. The zero-order valence-corrected chi connectivity index (χ0v) is 12.4. The molecule has 0 aliphatic heterocycles. The Labute approximate surface area is 119 Å². The SMILES string of the molecule is COc1ccc(NC2=CC(=O)CC(C)(C)C2)c(OC)c1. The number of ketones is 1. The summed E-state index contributed by atoms with van der Waals surface area (Å²) in [5.74, 6) is 1.60. The third kappa shape index (κ3) is 3.32. The molecule has 4 heteroatoms. The summed E-state index contributed by atoms with van der Waals surface area (Å²) in [4.78, 5) is 11.8. The quantitative estimate of drug-likeness (QED) is 0.915. The zero-order chi connectivity index (χ0) is 14.8. The van der Waals surface area contributed by atoms with Gasteiger partial charge in [-0.2, -0.15) is 0 Å². The first-order valence-corrected chi connectivity index (χ1v) is 6.66. The fraction of sp³-hybridized carbons (Fsp3) is 0.438. The lowest BCUT2D eigenvalue weighted by atomic mass is 9.79. The first-order valence-electron chi connectivity index (χ1n) is 6.66. The van der Waals surface area contributed by atoms with Crippen molar-refractivity contribution >= 4 is 11.5 Å². The van der Waals surface area contributed by atoms with E-state index in [1.165, 1.54) is 0 Å². The maximum atomic E-state index is 11.8. The molecule has 1 N–H and O–H groups in total. The standard InChI is InChI=1S/C16H21NO3/c1-16(2)9-11(7-12(18)10-16)17-14-6-5-13(19-3)8-15(14)20-4/h5-8,17H,9-10H2,1-4H3. The summed E-state index contributed by atoms with van der Waals surface area (Å²) in [5, 5.41) is 3.30. The monoisotopic (exact) mass is 275 g/mol. The lowest BCUT2D eigenvalue weighted by Gasteiger charge is -2.29. The number of anilines is 1. The van der Waals surface area contributed by atoms with Crippen molar-refractivity contribution < 1.29 is 14.3 Å². The van der Waals surface area contributed by atoms with Crippen LogP contribution in [0.3, 0.4) is 0 Å². The zero-order valence-electron chi connectivity index (χ0n) is 12.4. The number of carbonyl (C=O) groups excluding carboxylic acids is 1. The number of hydrogen-bond donors (Lipinski definition) is 1. The van der Waals surface area contributed by atoms with E-state index in [1.54, 1.807) is 20.3 Å². The van der Waals surface area contributed by atoms with Crippen LogP contribution in [0.4, 0.5) is 5.69 Å². The van der Waals surface area contributed by atoms with Crippen molar-refractivity contribution in [1.29, 1.82) is 0 Å². The van der Waals surface area contributed by atoms with E-state index in [0.717, 1.165) is 23.6 Å². The lowest BCUT2D eigenvalue weighted by Crippen LogP contribution is -2.24. The van der Waals surface area contributed by atoms with E-state index in [9.17, 15) is 4.79 Å². The van der Waals surface area contributed by atoms with Crippen molar-refractivity contribution in [2.75, 3.05) is 19.5 Å². The predicted octanol–water partition coefficient (Wildman–Crippen LogP) is 3.39. The molecule has 0 bridgehead atoms. The van der Waals surface area contributed by atoms with Gasteiger partial charge >= 0.3 is 0 Å². The van der Waals surface area contributed by atoms with Crippen LogP contribution in [-0.4, -0.2) is 20.0 Å². The molecule has 108 valence electrons. The Balaban J connectivity index is 2.24. The van der Waals surface area contributed by atoms with E-state index in [4.69, 9.17) is 9.47 Å². The molecule has 0 heterocycles. The second-order valence-corrected chi connectivity index (χ2v) is 5.84. The van der Waals surface area contributed by atoms with E-state index in [2.05, 4.69) is 19.2 Å². The van der Waals surface area contributed by atoms with Gasteiger partial charge in [0.15, 0.2) is 5.78 Å². The van der Waals surface area contributed by atoms with Crippen LogP contribution in [0.15, 0.2) is 30.0 Å². The minimum atomic E-state index is -0.00608. The van der Waals surface area contributed by atoms with Gasteiger partial charge in [-0.3, -0.25) is 4.79 Å². The summed E-state index contributed by atoms with van der Waals surface area (Å²) in [6, 6.07) is 5.57. The number of hydrogen-bond acceptors (Lipinski definition) is 4. The molecule has 0 radical (unpaired) electrons. The van der Waals surface area contributed by atoms with Crippen molar-refractivity contribution in [1.82, 2.24) is 0 Å². The Morgan fingerprint density at radius 3 is 2.50 bits per heavy atom. The highest BCUT2D eigenvalue weighted by Gasteiger charge is 2.27. The van der Waals surface area contributed by atoms with Crippen molar-refractivity contribution in [3.63, 3.8) is 0 Å². The molecule has 2 rings (SSSR count). The van der Waals surface area contributed by atoms with Gasteiger partial charge in [-0.25, -0.2) is 0 Å². The normalized spacial score (nSPS) is 17.4. The van der Waals surface area contributed by atoms with Gasteiger partial charge in [-0.05, 0) is 24.0 Å². The topological polar surface area (TPSA) is 47.6 Å². The Kier molecular flexibility index (Phi) is 4.02. The molecule has 0 saturated carbocycles. The number of ether oxygens (including phenoxy) is 2. The van der Waals surface area contributed by atoms with Crippen LogP contribution in [0.25, 0.3) is 0 Å². The van der Waals surface area contributed by atoms with E-state index in [0.29, 0.717) is 12.2 Å². The summed E-state index contributed by atoms with van der Waals surface area (Å²) in [6.07, 6.45) is 3.13. The third-order valence-electron chi connectivity index (χ3n) is 3.36. The second-order valence-electron chi connectivity index (χ2n) is 5.84. The number of nitrogens with one attached hydrogen (secondary N) is 1. The molecule has 1 aliphatic carbocycles. The number of carbonyl (C=O) groups is 1. The van der Waals surface area contributed by atoms with Crippen LogP contribution in [-0.2, 0) is 4.79 Å². The number of allylic oxidation sites excluding steroid dienone is 2. The highest BCUT2D eigenvalue weighted by atomic mass is 16.5. The molecule has 0 atom stereocenters. The lowest BCUT2D eigenvalue weighted by molar-refractivity contribution is -0.117. The van der Waals surface area contributed by atoms with Crippen LogP contribution in [0.5, 0.6) is 11.5 Å². The average molecular weight is 275 g/mol. The molecule has 0 saturated heterocycles. The van der Waals surface area contributed by atoms with E-state index in [-0.39, 0.29) is 11.2 Å². The van der Waals surface area contributed by atoms with Crippen molar-refractivity contribution in [3.8, 4) is 11.5 Å². The number of benzene rings is 1. The molecule has 4 nitrogen and oxygen atoms in total. The van der Waals surface area contributed by atoms with Crippen LogP contribution in [0.2, 0.25) is 0 Å². The summed E-state index contributed by atoms with van der Waals surface area (Å²) in [6.45, 7) is 4.20. The first kappa shape index (κ1) is 14.4. The predicted molar refractivity (Wildman–Crippen MR) is 79.3 cm³/mol. The Morgan fingerprint density at radius 2 is 1.90 bits per heavy atom. The molecule has 20 heavy (non-hydrogen) atoms.